The van der Waals surface area contributed by atoms with E-state index in [1.165, 1.54) is 16.7 Å². The van der Waals surface area contributed by atoms with Gasteiger partial charge < -0.3 is 5.32 Å². The first-order valence-corrected chi connectivity index (χ1v) is 6.78. The first-order valence-electron chi connectivity index (χ1n) is 6.78. The molecule has 1 unspecified atom stereocenters. The average molecular weight is 255 g/mol. The highest BCUT2D eigenvalue weighted by atomic mass is 14.9. The van der Waals surface area contributed by atoms with Gasteiger partial charge in [-0.05, 0) is 37.9 Å². The summed E-state index contributed by atoms with van der Waals surface area (Å²) in [6.45, 7) is 7.40. The van der Waals surface area contributed by atoms with Crippen LogP contribution in [0.3, 0.4) is 0 Å². The highest BCUT2D eigenvalue weighted by molar-refractivity contribution is 5.36. The molecule has 0 aliphatic heterocycles. The summed E-state index contributed by atoms with van der Waals surface area (Å²) >= 11 is 0. The quantitative estimate of drug-likeness (QED) is 0.891. The second-order valence-corrected chi connectivity index (χ2v) is 4.88. The van der Waals surface area contributed by atoms with Crippen LogP contribution in [0, 0.1) is 13.8 Å². The molecule has 0 fully saturated rings. The van der Waals surface area contributed by atoms with E-state index in [2.05, 4.69) is 54.3 Å². The molecule has 3 nitrogen and oxygen atoms in total. The molecule has 1 aromatic carbocycles. The van der Waals surface area contributed by atoms with Gasteiger partial charge in [-0.25, -0.2) is 0 Å². The monoisotopic (exact) mass is 255 g/mol. The topological polar surface area (TPSA) is 37.8 Å². The largest absolute Gasteiger partial charge is 0.305 e. The van der Waals surface area contributed by atoms with Crippen LogP contribution in [-0.4, -0.2) is 16.5 Å². The Bertz CT molecular complexity index is 523. The Morgan fingerprint density at radius 2 is 2.05 bits per heavy atom. The van der Waals surface area contributed by atoms with Gasteiger partial charge in [0.25, 0.3) is 0 Å². The minimum atomic E-state index is 0.119. The fourth-order valence-electron chi connectivity index (χ4n) is 2.19. The molecule has 2 aromatic rings. The van der Waals surface area contributed by atoms with Crippen LogP contribution in [0.4, 0.5) is 0 Å². The van der Waals surface area contributed by atoms with Crippen LogP contribution >= 0.6 is 0 Å². The maximum absolute atomic E-state index is 4.45. The SMILES string of the molecule is CCCNC(c1cnccn1)c1cc(C)ccc1C. The zero-order valence-electron chi connectivity index (χ0n) is 11.9. The van der Waals surface area contributed by atoms with Crippen LogP contribution < -0.4 is 5.32 Å². The zero-order valence-corrected chi connectivity index (χ0v) is 11.9. The standard InChI is InChI=1S/C16H21N3/c1-4-7-19-16(15-11-17-8-9-18-15)14-10-12(2)5-6-13(14)3/h5-6,8-11,16,19H,4,7H2,1-3H3. The number of aryl methyl sites for hydroxylation is 2. The molecular weight excluding hydrogens is 234 g/mol. The van der Waals surface area contributed by atoms with Gasteiger partial charge in [0.05, 0.1) is 17.9 Å². The van der Waals surface area contributed by atoms with E-state index in [0.29, 0.717) is 0 Å². The maximum atomic E-state index is 4.45. The van der Waals surface area contributed by atoms with Gasteiger partial charge in [-0.3, -0.25) is 9.97 Å². The molecule has 3 heteroatoms. The fourth-order valence-corrected chi connectivity index (χ4v) is 2.19. The summed E-state index contributed by atoms with van der Waals surface area (Å²) < 4.78 is 0. The van der Waals surface area contributed by atoms with E-state index in [-0.39, 0.29) is 6.04 Å². The summed E-state index contributed by atoms with van der Waals surface area (Å²) in [4.78, 5) is 8.64. The third kappa shape index (κ3) is 3.38. The second-order valence-electron chi connectivity index (χ2n) is 4.88. The lowest BCUT2D eigenvalue weighted by molar-refractivity contribution is 0.582. The van der Waals surface area contributed by atoms with Crippen molar-refractivity contribution in [3.05, 3.63) is 59.2 Å². The molecule has 1 atom stereocenters. The van der Waals surface area contributed by atoms with Crippen LogP contribution in [0.15, 0.2) is 36.8 Å². The van der Waals surface area contributed by atoms with Crippen LogP contribution in [0.25, 0.3) is 0 Å². The summed E-state index contributed by atoms with van der Waals surface area (Å²) in [5.74, 6) is 0. The highest BCUT2D eigenvalue weighted by Crippen LogP contribution is 2.24. The van der Waals surface area contributed by atoms with Crippen LogP contribution in [0.5, 0.6) is 0 Å². The van der Waals surface area contributed by atoms with Gasteiger partial charge in [0.1, 0.15) is 0 Å². The number of rotatable bonds is 5. The first kappa shape index (κ1) is 13.7. The highest BCUT2D eigenvalue weighted by Gasteiger charge is 2.16. The number of aromatic nitrogens is 2. The van der Waals surface area contributed by atoms with Crippen molar-refractivity contribution in [1.29, 1.82) is 0 Å². The lowest BCUT2D eigenvalue weighted by atomic mass is 9.97. The van der Waals surface area contributed by atoms with Gasteiger partial charge in [-0.1, -0.05) is 30.7 Å². The molecule has 19 heavy (non-hydrogen) atoms. The van der Waals surface area contributed by atoms with Crippen molar-refractivity contribution in [2.45, 2.75) is 33.2 Å². The molecule has 100 valence electrons. The molecule has 0 saturated heterocycles. The Kier molecular flexibility index (Phi) is 4.63. The number of benzene rings is 1. The summed E-state index contributed by atoms with van der Waals surface area (Å²) in [5, 5.41) is 3.57. The van der Waals surface area contributed by atoms with Crippen molar-refractivity contribution in [2.75, 3.05) is 6.54 Å². The first-order chi connectivity index (χ1) is 9.22. The number of nitrogens with zero attached hydrogens (tertiary/aromatic N) is 2. The molecule has 1 heterocycles. The lowest BCUT2D eigenvalue weighted by Gasteiger charge is -2.20. The van der Waals surface area contributed by atoms with E-state index in [9.17, 15) is 0 Å². The molecule has 1 aromatic heterocycles. The maximum Gasteiger partial charge on any atom is 0.0801 e. The summed E-state index contributed by atoms with van der Waals surface area (Å²) in [6, 6.07) is 6.67. The number of nitrogens with one attached hydrogen (secondary N) is 1. The molecule has 1 N–H and O–H groups in total. The molecule has 0 amide bonds. The van der Waals surface area contributed by atoms with Gasteiger partial charge in [0.2, 0.25) is 0 Å². The molecule has 0 aliphatic rings. The van der Waals surface area contributed by atoms with E-state index < -0.39 is 0 Å². The van der Waals surface area contributed by atoms with Gasteiger partial charge in [0, 0.05) is 12.4 Å². The van der Waals surface area contributed by atoms with Gasteiger partial charge in [-0.15, -0.1) is 0 Å². The van der Waals surface area contributed by atoms with Crippen molar-refractivity contribution < 1.29 is 0 Å². The van der Waals surface area contributed by atoms with Crippen molar-refractivity contribution >= 4 is 0 Å². The fraction of sp³-hybridized carbons (Fsp3) is 0.375. The van der Waals surface area contributed by atoms with Crippen LogP contribution in [-0.2, 0) is 0 Å². The summed E-state index contributed by atoms with van der Waals surface area (Å²) in [7, 11) is 0. The zero-order chi connectivity index (χ0) is 13.7. The van der Waals surface area contributed by atoms with Gasteiger partial charge in [0.15, 0.2) is 0 Å². The summed E-state index contributed by atoms with van der Waals surface area (Å²) in [6.07, 6.45) is 6.40. The van der Waals surface area contributed by atoms with Crippen molar-refractivity contribution in [3.8, 4) is 0 Å². The van der Waals surface area contributed by atoms with Crippen molar-refractivity contribution in [2.24, 2.45) is 0 Å². The Morgan fingerprint density at radius 3 is 2.74 bits per heavy atom. The predicted molar refractivity (Wildman–Crippen MR) is 78.1 cm³/mol. The van der Waals surface area contributed by atoms with Crippen LogP contribution in [0.1, 0.15) is 41.8 Å². The Balaban J connectivity index is 2.40. The molecule has 0 bridgehead atoms. The van der Waals surface area contributed by atoms with Crippen LogP contribution in [0.2, 0.25) is 0 Å². The minimum Gasteiger partial charge on any atom is -0.305 e. The third-order valence-electron chi connectivity index (χ3n) is 3.22. The molecule has 0 spiro atoms. The Morgan fingerprint density at radius 1 is 1.21 bits per heavy atom. The van der Waals surface area contributed by atoms with E-state index in [4.69, 9.17) is 0 Å². The second kappa shape index (κ2) is 6.43. The molecule has 0 saturated carbocycles. The molecule has 2 rings (SSSR count). The Labute approximate surface area is 115 Å². The van der Waals surface area contributed by atoms with Crippen molar-refractivity contribution in [1.82, 2.24) is 15.3 Å². The van der Waals surface area contributed by atoms with E-state index >= 15 is 0 Å². The predicted octanol–water partition coefficient (Wildman–Crippen LogP) is 3.18. The third-order valence-corrected chi connectivity index (χ3v) is 3.22. The van der Waals surface area contributed by atoms with Gasteiger partial charge in [-0.2, -0.15) is 0 Å². The van der Waals surface area contributed by atoms with E-state index in [1.54, 1.807) is 12.4 Å². The summed E-state index contributed by atoms with van der Waals surface area (Å²) in [5.41, 5.74) is 4.82. The lowest BCUT2D eigenvalue weighted by Crippen LogP contribution is -2.25. The molecule has 0 radical (unpaired) electrons. The van der Waals surface area contributed by atoms with Crippen molar-refractivity contribution in [3.63, 3.8) is 0 Å². The minimum absolute atomic E-state index is 0.119. The van der Waals surface area contributed by atoms with E-state index in [0.717, 1.165) is 18.7 Å². The van der Waals surface area contributed by atoms with E-state index in [1.807, 2.05) is 6.20 Å². The smallest absolute Gasteiger partial charge is 0.0801 e. The average Bonchev–Trinajstić information content (AvgIpc) is 2.44. The molecular formula is C16H21N3. The Hall–Kier alpha value is -1.74. The van der Waals surface area contributed by atoms with Gasteiger partial charge >= 0.3 is 0 Å². The normalized spacial score (nSPS) is 12.4. The number of hydrogen-bond donors (Lipinski definition) is 1. The number of hydrogen-bond acceptors (Lipinski definition) is 3. The molecule has 0 aliphatic carbocycles.